The number of ether oxygens (including phenoxy) is 2. The van der Waals surface area contributed by atoms with Gasteiger partial charge in [-0.3, -0.25) is 9.59 Å². The van der Waals surface area contributed by atoms with Gasteiger partial charge in [0.05, 0.1) is 19.1 Å². The van der Waals surface area contributed by atoms with Crippen LogP contribution in [0.15, 0.2) is 60.7 Å². The number of hydrogen-bond acceptors (Lipinski definition) is 5. The molecule has 2 N–H and O–H groups in total. The highest BCUT2D eigenvalue weighted by Gasteiger charge is 2.19. The third-order valence-electron chi connectivity index (χ3n) is 3.82. The molecule has 0 aromatic heterocycles. The van der Waals surface area contributed by atoms with Gasteiger partial charge in [-0.2, -0.15) is 0 Å². The molecule has 2 aromatic rings. The van der Waals surface area contributed by atoms with E-state index in [2.05, 4.69) is 10.6 Å². The van der Waals surface area contributed by atoms with E-state index in [0.717, 1.165) is 11.1 Å². The minimum Gasteiger partial charge on any atom is -0.466 e. The van der Waals surface area contributed by atoms with Crippen LogP contribution < -0.4 is 10.6 Å². The number of alkyl carbamates (subject to hydrolysis) is 1. The van der Waals surface area contributed by atoms with Gasteiger partial charge in [-0.25, -0.2) is 4.79 Å². The van der Waals surface area contributed by atoms with Gasteiger partial charge in [-0.1, -0.05) is 60.7 Å². The molecule has 0 radical (unpaired) electrons. The van der Waals surface area contributed by atoms with Crippen LogP contribution in [0.3, 0.4) is 0 Å². The van der Waals surface area contributed by atoms with E-state index in [-0.39, 0.29) is 26.2 Å². The second-order valence-corrected chi connectivity index (χ2v) is 5.96. The molecule has 7 nitrogen and oxygen atoms in total. The van der Waals surface area contributed by atoms with Crippen molar-refractivity contribution in [3.8, 4) is 0 Å². The summed E-state index contributed by atoms with van der Waals surface area (Å²) < 4.78 is 10.0. The van der Waals surface area contributed by atoms with Crippen molar-refractivity contribution >= 4 is 18.0 Å². The molecule has 0 saturated heterocycles. The molecular formula is C21H24N2O5. The fraction of sp³-hybridized carbons (Fsp3) is 0.286. The lowest BCUT2D eigenvalue weighted by atomic mass is 10.0. The Morgan fingerprint density at radius 3 is 2.21 bits per heavy atom. The predicted molar refractivity (Wildman–Crippen MR) is 103 cm³/mol. The van der Waals surface area contributed by atoms with Crippen molar-refractivity contribution < 1.29 is 23.9 Å². The number of carbonyl (C=O) groups is 3. The maximum Gasteiger partial charge on any atom is 0.407 e. The molecule has 28 heavy (non-hydrogen) atoms. The molecule has 0 heterocycles. The van der Waals surface area contributed by atoms with Crippen LogP contribution in [-0.4, -0.2) is 31.1 Å². The molecule has 2 amide bonds. The standard InChI is InChI=1S/C21H24N2O5/c1-2-27-20(25)13-18(17-11-7-4-8-12-17)23-19(24)14-22-21(26)28-15-16-9-5-3-6-10-16/h3-12,18H,2,13-15H2,1H3,(H,22,26)(H,23,24). The fourth-order valence-electron chi connectivity index (χ4n) is 2.50. The zero-order valence-corrected chi connectivity index (χ0v) is 15.7. The third kappa shape index (κ3) is 7.49. The smallest absolute Gasteiger partial charge is 0.407 e. The van der Waals surface area contributed by atoms with E-state index in [4.69, 9.17) is 9.47 Å². The number of carbonyl (C=O) groups excluding carboxylic acids is 3. The highest BCUT2D eigenvalue weighted by Crippen LogP contribution is 2.17. The summed E-state index contributed by atoms with van der Waals surface area (Å²) in [5.74, 6) is -0.846. The van der Waals surface area contributed by atoms with E-state index in [1.807, 2.05) is 60.7 Å². The lowest BCUT2D eigenvalue weighted by Gasteiger charge is -2.18. The Morgan fingerprint density at radius 1 is 0.929 bits per heavy atom. The average molecular weight is 384 g/mol. The number of rotatable bonds is 9. The van der Waals surface area contributed by atoms with Crippen LogP contribution in [0.1, 0.15) is 30.5 Å². The van der Waals surface area contributed by atoms with Crippen LogP contribution in [0, 0.1) is 0 Å². The number of benzene rings is 2. The number of amides is 2. The van der Waals surface area contributed by atoms with Crippen molar-refractivity contribution in [3.63, 3.8) is 0 Å². The predicted octanol–water partition coefficient (Wildman–Crippen LogP) is 2.72. The molecule has 1 unspecified atom stereocenters. The summed E-state index contributed by atoms with van der Waals surface area (Å²) in [5, 5.41) is 5.14. The fourth-order valence-corrected chi connectivity index (χ4v) is 2.50. The first-order valence-electron chi connectivity index (χ1n) is 9.03. The van der Waals surface area contributed by atoms with E-state index < -0.39 is 24.0 Å². The lowest BCUT2D eigenvalue weighted by molar-refractivity contribution is -0.143. The molecule has 0 saturated carbocycles. The average Bonchev–Trinajstić information content (AvgIpc) is 2.72. The summed E-state index contributed by atoms with van der Waals surface area (Å²) in [5.41, 5.74) is 1.62. The SMILES string of the molecule is CCOC(=O)CC(NC(=O)CNC(=O)OCc1ccccc1)c1ccccc1. The van der Waals surface area contributed by atoms with Gasteiger partial charge in [-0.15, -0.1) is 0 Å². The summed E-state index contributed by atoms with van der Waals surface area (Å²) in [6.07, 6.45) is -0.692. The van der Waals surface area contributed by atoms with E-state index >= 15 is 0 Å². The van der Waals surface area contributed by atoms with Gasteiger partial charge in [-0.05, 0) is 18.1 Å². The third-order valence-corrected chi connectivity index (χ3v) is 3.82. The van der Waals surface area contributed by atoms with Gasteiger partial charge < -0.3 is 20.1 Å². The maximum atomic E-state index is 12.2. The first-order chi connectivity index (χ1) is 13.6. The maximum absolute atomic E-state index is 12.2. The van der Waals surface area contributed by atoms with Crippen LogP contribution in [0.25, 0.3) is 0 Å². The minimum absolute atomic E-state index is 0.00203. The molecule has 0 bridgehead atoms. The Morgan fingerprint density at radius 2 is 1.57 bits per heavy atom. The topological polar surface area (TPSA) is 93.7 Å². The molecule has 0 fully saturated rings. The van der Waals surface area contributed by atoms with Gasteiger partial charge in [0.1, 0.15) is 13.2 Å². The van der Waals surface area contributed by atoms with E-state index in [1.54, 1.807) is 6.92 Å². The molecule has 7 heteroatoms. The second-order valence-electron chi connectivity index (χ2n) is 5.96. The lowest BCUT2D eigenvalue weighted by Crippen LogP contribution is -2.39. The highest BCUT2D eigenvalue weighted by atomic mass is 16.5. The van der Waals surface area contributed by atoms with Crippen LogP contribution in [0.5, 0.6) is 0 Å². The van der Waals surface area contributed by atoms with Crippen molar-refractivity contribution in [2.24, 2.45) is 0 Å². The zero-order chi connectivity index (χ0) is 20.2. The van der Waals surface area contributed by atoms with Crippen LogP contribution in [0.2, 0.25) is 0 Å². The van der Waals surface area contributed by atoms with Gasteiger partial charge >= 0.3 is 12.1 Å². The Labute approximate surface area is 164 Å². The molecule has 2 rings (SSSR count). The summed E-state index contributed by atoms with van der Waals surface area (Å²) in [6.45, 7) is 1.84. The Hall–Kier alpha value is -3.35. The van der Waals surface area contributed by atoms with E-state index in [9.17, 15) is 14.4 Å². The van der Waals surface area contributed by atoms with Crippen LogP contribution in [-0.2, 0) is 25.7 Å². The Kier molecular flexibility index (Phi) is 8.52. The van der Waals surface area contributed by atoms with Crippen LogP contribution in [0.4, 0.5) is 4.79 Å². The molecule has 0 spiro atoms. The molecular weight excluding hydrogens is 360 g/mol. The number of hydrogen-bond donors (Lipinski definition) is 2. The van der Waals surface area contributed by atoms with Gasteiger partial charge in [0, 0.05) is 0 Å². The van der Waals surface area contributed by atoms with Crippen molar-refractivity contribution in [2.75, 3.05) is 13.2 Å². The highest BCUT2D eigenvalue weighted by molar-refractivity contribution is 5.83. The van der Waals surface area contributed by atoms with Crippen LogP contribution >= 0.6 is 0 Å². The molecule has 2 aromatic carbocycles. The summed E-state index contributed by atoms with van der Waals surface area (Å²) >= 11 is 0. The molecule has 1 atom stereocenters. The van der Waals surface area contributed by atoms with Crippen molar-refractivity contribution in [2.45, 2.75) is 26.0 Å². The van der Waals surface area contributed by atoms with Gasteiger partial charge in [0.15, 0.2) is 0 Å². The molecule has 148 valence electrons. The Bertz CT molecular complexity index is 765. The van der Waals surface area contributed by atoms with E-state index in [1.165, 1.54) is 0 Å². The summed E-state index contributed by atoms with van der Waals surface area (Å²) in [4.78, 5) is 35.8. The summed E-state index contributed by atoms with van der Waals surface area (Å²) in [7, 11) is 0. The monoisotopic (exact) mass is 384 g/mol. The second kappa shape index (κ2) is 11.4. The van der Waals surface area contributed by atoms with Gasteiger partial charge in [0.25, 0.3) is 0 Å². The molecule has 0 aliphatic carbocycles. The first-order valence-corrected chi connectivity index (χ1v) is 9.03. The normalized spacial score (nSPS) is 11.2. The summed E-state index contributed by atoms with van der Waals surface area (Å²) in [6, 6.07) is 17.8. The number of esters is 1. The van der Waals surface area contributed by atoms with Crippen molar-refractivity contribution in [3.05, 3.63) is 71.8 Å². The number of nitrogens with one attached hydrogen (secondary N) is 2. The minimum atomic E-state index is -0.694. The molecule has 0 aliphatic rings. The van der Waals surface area contributed by atoms with Crippen molar-refractivity contribution in [1.82, 2.24) is 10.6 Å². The van der Waals surface area contributed by atoms with Gasteiger partial charge in [0.2, 0.25) is 5.91 Å². The Balaban J connectivity index is 1.83. The zero-order valence-electron chi connectivity index (χ0n) is 15.7. The van der Waals surface area contributed by atoms with Crippen molar-refractivity contribution in [1.29, 1.82) is 0 Å². The molecule has 0 aliphatic heterocycles. The quantitative estimate of drug-likeness (QED) is 0.649. The largest absolute Gasteiger partial charge is 0.466 e. The first kappa shape index (κ1) is 21.0. The van der Waals surface area contributed by atoms with E-state index in [0.29, 0.717) is 0 Å².